The number of imidazole rings is 1. The zero-order valence-corrected chi connectivity index (χ0v) is 15.8. The van der Waals surface area contributed by atoms with E-state index in [1.807, 2.05) is 29.2 Å². The van der Waals surface area contributed by atoms with Gasteiger partial charge in [0, 0.05) is 49.5 Å². The Bertz CT molecular complexity index is 1170. The highest BCUT2D eigenvalue weighted by molar-refractivity contribution is 6.01. The van der Waals surface area contributed by atoms with Gasteiger partial charge in [0.25, 0.3) is 5.91 Å². The molecule has 1 aliphatic heterocycles. The fourth-order valence-electron chi connectivity index (χ4n) is 3.65. The van der Waals surface area contributed by atoms with Gasteiger partial charge in [-0.3, -0.25) is 9.78 Å². The summed E-state index contributed by atoms with van der Waals surface area (Å²) in [6, 6.07) is 7.57. The van der Waals surface area contributed by atoms with Crippen LogP contribution in [0, 0.1) is 6.92 Å². The molecule has 9 nitrogen and oxygen atoms in total. The van der Waals surface area contributed by atoms with E-state index < -0.39 is 0 Å². The maximum Gasteiger partial charge on any atom is 0.259 e. The summed E-state index contributed by atoms with van der Waals surface area (Å²) in [5.41, 5.74) is 2.67. The predicted molar refractivity (Wildman–Crippen MR) is 105 cm³/mol. The first-order chi connectivity index (χ1) is 14.2. The molecule has 1 aliphatic rings. The first-order valence-corrected chi connectivity index (χ1v) is 9.42. The van der Waals surface area contributed by atoms with Gasteiger partial charge in [0.05, 0.1) is 0 Å². The average Bonchev–Trinajstić information content (AvgIpc) is 3.47. The number of likely N-dealkylation sites (tertiary alicyclic amines) is 1. The highest BCUT2D eigenvalue weighted by Gasteiger charge is 2.31. The third kappa shape index (κ3) is 3.20. The molecule has 1 N–H and O–H groups in total. The normalized spacial score (nSPS) is 16.4. The van der Waals surface area contributed by atoms with Crippen LogP contribution in [0.15, 0.2) is 53.6 Å². The van der Waals surface area contributed by atoms with Crippen LogP contribution in [0.25, 0.3) is 16.9 Å². The van der Waals surface area contributed by atoms with Crippen molar-refractivity contribution in [3.63, 3.8) is 0 Å². The molecule has 0 saturated carbocycles. The number of rotatable bonds is 4. The minimum absolute atomic E-state index is 0.0714. The van der Waals surface area contributed by atoms with Crippen LogP contribution in [-0.2, 0) is 0 Å². The van der Waals surface area contributed by atoms with E-state index in [2.05, 4.69) is 25.5 Å². The Labute approximate surface area is 166 Å². The van der Waals surface area contributed by atoms with Crippen molar-refractivity contribution in [1.82, 2.24) is 29.6 Å². The first kappa shape index (κ1) is 17.4. The number of carbonyl (C=O) groups is 1. The van der Waals surface area contributed by atoms with Crippen molar-refractivity contribution >= 4 is 17.4 Å². The first-order valence-electron chi connectivity index (χ1n) is 9.42. The molecule has 1 saturated heterocycles. The van der Waals surface area contributed by atoms with Crippen molar-refractivity contribution in [3.8, 4) is 11.3 Å². The molecule has 1 unspecified atom stereocenters. The standard InChI is InChI=1S/C20H19N7O2/c1-13-18(19(25-29-13)14-4-7-21-8-5-14)20(28)26-10-6-15(12-26)23-16-2-3-17-22-9-11-27(17)24-16/h2-5,7-9,11,15H,6,10,12H2,1H3,(H,23,24). The monoisotopic (exact) mass is 389 g/mol. The number of carbonyl (C=O) groups excluding carboxylic acids is 1. The van der Waals surface area contributed by atoms with Crippen LogP contribution >= 0.6 is 0 Å². The van der Waals surface area contributed by atoms with Crippen molar-refractivity contribution in [2.24, 2.45) is 0 Å². The molecule has 29 heavy (non-hydrogen) atoms. The van der Waals surface area contributed by atoms with Gasteiger partial charge in [-0.2, -0.15) is 0 Å². The molecule has 0 spiro atoms. The Balaban J connectivity index is 1.33. The van der Waals surface area contributed by atoms with Gasteiger partial charge in [0.15, 0.2) is 5.65 Å². The Kier molecular flexibility index (Phi) is 4.19. The molecule has 1 amide bonds. The number of hydrogen-bond acceptors (Lipinski definition) is 7. The maximum atomic E-state index is 13.2. The van der Waals surface area contributed by atoms with E-state index in [0.717, 1.165) is 23.4 Å². The lowest BCUT2D eigenvalue weighted by Crippen LogP contribution is -2.32. The van der Waals surface area contributed by atoms with Gasteiger partial charge < -0.3 is 14.7 Å². The summed E-state index contributed by atoms with van der Waals surface area (Å²) >= 11 is 0. The van der Waals surface area contributed by atoms with Gasteiger partial charge >= 0.3 is 0 Å². The molecule has 0 aromatic carbocycles. The molecule has 4 aromatic heterocycles. The topological polar surface area (TPSA) is 101 Å². The molecule has 5 rings (SSSR count). The van der Waals surface area contributed by atoms with Crippen LogP contribution < -0.4 is 5.32 Å². The molecule has 9 heteroatoms. The summed E-state index contributed by atoms with van der Waals surface area (Å²) in [5.74, 6) is 1.21. The van der Waals surface area contributed by atoms with Gasteiger partial charge in [-0.1, -0.05) is 5.16 Å². The van der Waals surface area contributed by atoms with Gasteiger partial charge in [0.1, 0.15) is 22.8 Å². The number of fused-ring (bicyclic) bond motifs is 1. The van der Waals surface area contributed by atoms with Crippen LogP contribution in [-0.4, -0.2) is 54.7 Å². The lowest BCUT2D eigenvalue weighted by molar-refractivity contribution is 0.0790. The van der Waals surface area contributed by atoms with E-state index >= 15 is 0 Å². The maximum absolute atomic E-state index is 13.2. The minimum atomic E-state index is -0.0714. The number of pyridine rings is 1. The fraction of sp³-hybridized carbons (Fsp3) is 0.250. The van der Waals surface area contributed by atoms with E-state index in [1.165, 1.54) is 0 Å². The summed E-state index contributed by atoms with van der Waals surface area (Å²) in [4.78, 5) is 23.3. The molecular weight excluding hydrogens is 370 g/mol. The van der Waals surface area contributed by atoms with Gasteiger partial charge in [-0.15, -0.1) is 5.10 Å². The second-order valence-corrected chi connectivity index (χ2v) is 7.03. The zero-order valence-electron chi connectivity index (χ0n) is 15.8. The van der Waals surface area contributed by atoms with E-state index in [-0.39, 0.29) is 11.9 Å². The third-order valence-corrected chi connectivity index (χ3v) is 5.11. The Morgan fingerprint density at radius 2 is 2.07 bits per heavy atom. The van der Waals surface area contributed by atoms with Crippen LogP contribution in [0.3, 0.4) is 0 Å². The number of nitrogens with zero attached hydrogens (tertiary/aromatic N) is 6. The van der Waals surface area contributed by atoms with Crippen molar-refractivity contribution < 1.29 is 9.32 Å². The van der Waals surface area contributed by atoms with E-state index in [4.69, 9.17) is 4.52 Å². The van der Waals surface area contributed by atoms with Crippen LogP contribution in [0.4, 0.5) is 5.82 Å². The minimum Gasteiger partial charge on any atom is -0.364 e. The van der Waals surface area contributed by atoms with Crippen molar-refractivity contribution in [2.45, 2.75) is 19.4 Å². The Hall–Kier alpha value is -3.75. The summed E-state index contributed by atoms with van der Waals surface area (Å²) in [6.45, 7) is 3.01. The van der Waals surface area contributed by atoms with E-state index in [1.54, 1.807) is 36.2 Å². The number of amides is 1. The molecule has 5 heterocycles. The summed E-state index contributed by atoms with van der Waals surface area (Å²) in [7, 11) is 0. The number of aromatic nitrogens is 5. The largest absolute Gasteiger partial charge is 0.364 e. The SMILES string of the molecule is Cc1onc(-c2ccncc2)c1C(=O)N1CCC(Nc2ccc3nccn3n2)C1. The number of hydrogen-bond donors (Lipinski definition) is 1. The lowest BCUT2D eigenvalue weighted by Gasteiger charge is -2.17. The highest BCUT2D eigenvalue weighted by Crippen LogP contribution is 2.27. The van der Waals surface area contributed by atoms with Crippen molar-refractivity contribution in [1.29, 1.82) is 0 Å². The van der Waals surface area contributed by atoms with Crippen LogP contribution in [0.5, 0.6) is 0 Å². The zero-order chi connectivity index (χ0) is 19.8. The van der Waals surface area contributed by atoms with E-state index in [9.17, 15) is 4.79 Å². The molecule has 0 radical (unpaired) electrons. The molecule has 4 aromatic rings. The molecule has 1 atom stereocenters. The third-order valence-electron chi connectivity index (χ3n) is 5.11. The molecular formula is C20H19N7O2. The van der Waals surface area contributed by atoms with Crippen molar-refractivity contribution in [3.05, 3.63) is 60.4 Å². The summed E-state index contributed by atoms with van der Waals surface area (Å²) < 4.78 is 7.06. The van der Waals surface area contributed by atoms with E-state index in [0.29, 0.717) is 30.1 Å². The van der Waals surface area contributed by atoms with Crippen LogP contribution in [0.1, 0.15) is 22.5 Å². The molecule has 0 bridgehead atoms. The number of nitrogens with one attached hydrogen (secondary N) is 1. The number of aryl methyl sites for hydroxylation is 1. The Morgan fingerprint density at radius 3 is 2.93 bits per heavy atom. The van der Waals surface area contributed by atoms with Gasteiger partial charge in [-0.05, 0) is 37.6 Å². The average molecular weight is 389 g/mol. The van der Waals surface area contributed by atoms with Crippen molar-refractivity contribution in [2.75, 3.05) is 18.4 Å². The smallest absolute Gasteiger partial charge is 0.259 e. The fourth-order valence-corrected chi connectivity index (χ4v) is 3.65. The second-order valence-electron chi connectivity index (χ2n) is 7.03. The molecule has 0 aliphatic carbocycles. The Morgan fingerprint density at radius 1 is 1.21 bits per heavy atom. The molecule has 146 valence electrons. The van der Waals surface area contributed by atoms with Gasteiger partial charge in [0.2, 0.25) is 0 Å². The van der Waals surface area contributed by atoms with Crippen LogP contribution in [0.2, 0.25) is 0 Å². The number of anilines is 1. The summed E-state index contributed by atoms with van der Waals surface area (Å²) in [6.07, 6.45) is 7.70. The highest BCUT2D eigenvalue weighted by atomic mass is 16.5. The predicted octanol–water partition coefficient (Wildman–Crippen LogP) is 2.41. The van der Waals surface area contributed by atoms with Gasteiger partial charge in [-0.25, -0.2) is 9.50 Å². The lowest BCUT2D eigenvalue weighted by atomic mass is 10.1. The quantitative estimate of drug-likeness (QED) is 0.572. The molecule has 1 fully saturated rings. The summed E-state index contributed by atoms with van der Waals surface area (Å²) in [5, 5.41) is 12.0. The second kappa shape index (κ2) is 7.01.